The highest BCUT2D eigenvalue weighted by Crippen LogP contribution is 2.09. The van der Waals surface area contributed by atoms with Crippen molar-refractivity contribution in [1.82, 2.24) is 4.90 Å². The molecule has 1 rings (SSSR count). The van der Waals surface area contributed by atoms with Gasteiger partial charge in [0, 0.05) is 0 Å². The van der Waals surface area contributed by atoms with E-state index in [1.54, 1.807) is 0 Å². The fourth-order valence-corrected chi connectivity index (χ4v) is 1.68. The van der Waals surface area contributed by atoms with E-state index in [4.69, 9.17) is 0 Å². The lowest BCUT2D eigenvalue weighted by molar-refractivity contribution is 0.286. The molecule has 0 aromatic heterocycles. The van der Waals surface area contributed by atoms with Crippen LogP contribution in [0, 0.1) is 0 Å². The van der Waals surface area contributed by atoms with Gasteiger partial charge in [-0.2, -0.15) is 0 Å². The topological polar surface area (TPSA) is 3.24 Å². The second kappa shape index (κ2) is 9.05. The average molecular weight is 171 g/mol. The van der Waals surface area contributed by atoms with E-state index in [1.807, 2.05) is 13.8 Å². The molecule has 1 nitrogen and oxygen atoms in total. The largest absolute Gasteiger partial charge is 0.303 e. The average Bonchev–Trinajstić information content (AvgIpc) is 2.37. The Balaban J connectivity index is 0.000000561. The quantitative estimate of drug-likeness (QED) is 0.616. The third-order valence-electron chi connectivity index (χ3n) is 2.24. The van der Waals surface area contributed by atoms with Crippen LogP contribution in [0.4, 0.5) is 0 Å². The van der Waals surface area contributed by atoms with E-state index in [9.17, 15) is 0 Å². The highest BCUT2D eigenvalue weighted by molar-refractivity contribution is 4.61. The van der Waals surface area contributed by atoms with Crippen molar-refractivity contribution in [3.05, 3.63) is 0 Å². The fraction of sp³-hybridized carbons (Fsp3) is 1.00. The standard InChI is InChI=1S/C9H19N.C2H6/c1-2-7-10-8-5-3-4-6-9-10;1-2/h2-9H2,1H3;1-2H3. The number of rotatable bonds is 2. The van der Waals surface area contributed by atoms with Gasteiger partial charge in [-0.1, -0.05) is 33.6 Å². The summed E-state index contributed by atoms with van der Waals surface area (Å²) >= 11 is 0. The monoisotopic (exact) mass is 171 g/mol. The summed E-state index contributed by atoms with van der Waals surface area (Å²) in [6.45, 7) is 10.3. The van der Waals surface area contributed by atoms with Crippen molar-refractivity contribution in [1.29, 1.82) is 0 Å². The van der Waals surface area contributed by atoms with Gasteiger partial charge < -0.3 is 4.90 Å². The highest BCUT2D eigenvalue weighted by Gasteiger charge is 2.06. The molecule has 0 atom stereocenters. The van der Waals surface area contributed by atoms with Crippen LogP contribution in [0.3, 0.4) is 0 Å². The van der Waals surface area contributed by atoms with Gasteiger partial charge >= 0.3 is 0 Å². The van der Waals surface area contributed by atoms with Gasteiger partial charge in [-0.15, -0.1) is 0 Å². The van der Waals surface area contributed by atoms with Crippen molar-refractivity contribution in [2.75, 3.05) is 19.6 Å². The first-order valence-electron chi connectivity index (χ1n) is 5.66. The molecule has 0 unspecified atom stereocenters. The Morgan fingerprint density at radius 3 is 1.83 bits per heavy atom. The Bertz CT molecular complexity index is 73.1. The molecule has 0 aliphatic carbocycles. The maximum absolute atomic E-state index is 2.60. The molecule has 1 aliphatic rings. The molecule has 1 saturated heterocycles. The molecular weight excluding hydrogens is 146 g/mol. The summed E-state index contributed by atoms with van der Waals surface area (Å²) in [4.78, 5) is 2.60. The Kier molecular flexibility index (Phi) is 9.02. The molecule has 0 spiro atoms. The van der Waals surface area contributed by atoms with Crippen LogP contribution in [0.1, 0.15) is 52.9 Å². The maximum atomic E-state index is 2.60. The molecule has 0 N–H and O–H groups in total. The molecule has 74 valence electrons. The van der Waals surface area contributed by atoms with Crippen molar-refractivity contribution < 1.29 is 0 Å². The number of hydrogen-bond acceptors (Lipinski definition) is 1. The summed E-state index contributed by atoms with van der Waals surface area (Å²) in [7, 11) is 0. The van der Waals surface area contributed by atoms with Gasteiger partial charge in [-0.05, 0) is 38.9 Å². The predicted molar refractivity (Wildman–Crippen MR) is 56.5 cm³/mol. The molecule has 0 aromatic rings. The SMILES string of the molecule is CC.CCCN1CCCCCC1. The van der Waals surface area contributed by atoms with Crippen molar-refractivity contribution >= 4 is 0 Å². The zero-order valence-corrected chi connectivity index (χ0v) is 9.10. The van der Waals surface area contributed by atoms with Crippen LogP contribution >= 0.6 is 0 Å². The number of hydrogen-bond donors (Lipinski definition) is 0. The summed E-state index contributed by atoms with van der Waals surface area (Å²) in [5.41, 5.74) is 0. The van der Waals surface area contributed by atoms with Gasteiger partial charge in [0.1, 0.15) is 0 Å². The minimum atomic E-state index is 1.32. The van der Waals surface area contributed by atoms with Crippen molar-refractivity contribution in [3.63, 3.8) is 0 Å². The van der Waals surface area contributed by atoms with Gasteiger partial charge in [0.2, 0.25) is 0 Å². The first kappa shape index (κ1) is 12.0. The van der Waals surface area contributed by atoms with Crippen LogP contribution in [0.2, 0.25) is 0 Å². The zero-order chi connectivity index (χ0) is 9.23. The van der Waals surface area contributed by atoms with E-state index >= 15 is 0 Å². The van der Waals surface area contributed by atoms with Gasteiger partial charge in [-0.25, -0.2) is 0 Å². The smallest absolute Gasteiger partial charge is 0.00187 e. The van der Waals surface area contributed by atoms with Crippen LogP contribution in [-0.2, 0) is 0 Å². The number of likely N-dealkylation sites (tertiary alicyclic amines) is 1. The normalized spacial score (nSPS) is 19.2. The van der Waals surface area contributed by atoms with E-state index in [0.29, 0.717) is 0 Å². The molecule has 0 saturated carbocycles. The molecule has 0 aromatic carbocycles. The predicted octanol–water partition coefficient (Wildman–Crippen LogP) is 3.30. The van der Waals surface area contributed by atoms with Crippen LogP contribution in [0.15, 0.2) is 0 Å². The molecule has 1 heteroatoms. The van der Waals surface area contributed by atoms with Crippen LogP contribution in [0.5, 0.6) is 0 Å². The maximum Gasteiger partial charge on any atom is -0.00187 e. The first-order valence-corrected chi connectivity index (χ1v) is 5.66. The summed E-state index contributed by atoms with van der Waals surface area (Å²) in [6.07, 6.45) is 7.10. The summed E-state index contributed by atoms with van der Waals surface area (Å²) < 4.78 is 0. The summed E-state index contributed by atoms with van der Waals surface area (Å²) in [5, 5.41) is 0. The van der Waals surface area contributed by atoms with Crippen LogP contribution in [0.25, 0.3) is 0 Å². The summed E-state index contributed by atoms with van der Waals surface area (Å²) in [6, 6.07) is 0. The van der Waals surface area contributed by atoms with Crippen molar-refractivity contribution in [2.45, 2.75) is 52.9 Å². The van der Waals surface area contributed by atoms with Gasteiger partial charge in [0.15, 0.2) is 0 Å². The molecule has 0 bridgehead atoms. The molecule has 0 amide bonds. The third kappa shape index (κ3) is 5.59. The zero-order valence-electron chi connectivity index (χ0n) is 9.10. The highest BCUT2D eigenvalue weighted by atomic mass is 15.1. The third-order valence-corrected chi connectivity index (χ3v) is 2.24. The van der Waals surface area contributed by atoms with E-state index in [1.165, 1.54) is 51.7 Å². The minimum Gasteiger partial charge on any atom is -0.303 e. The van der Waals surface area contributed by atoms with E-state index in [0.717, 1.165) is 0 Å². The molecular formula is C11H25N. The van der Waals surface area contributed by atoms with Gasteiger partial charge in [0.05, 0.1) is 0 Å². The molecule has 1 aliphatic heterocycles. The van der Waals surface area contributed by atoms with E-state index in [-0.39, 0.29) is 0 Å². The van der Waals surface area contributed by atoms with Crippen LogP contribution in [-0.4, -0.2) is 24.5 Å². The van der Waals surface area contributed by atoms with E-state index in [2.05, 4.69) is 11.8 Å². The van der Waals surface area contributed by atoms with E-state index < -0.39 is 0 Å². The lowest BCUT2D eigenvalue weighted by Gasteiger charge is -2.17. The Morgan fingerprint density at radius 2 is 1.42 bits per heavy atom. The number of nitrogens with zero attached hydrogens (tertiary/aromatic N) is 1. The fourth-order valence-electron chi connectivity index (χ4n) is 1.68. The lowest BCUT2D eigenvalue weighted by Crippen LogP contribution is -2.25. The lowest BCUT2D eigenvalue weighted by atomic mass is 10.2. The second-order valence-electron chi connectivity index (χ2n) is 3.26. The van der Waals surface area contributed by atoms with Crippen molar-refractivity contribution in [2.24, 2.45) is 0 Å². The molecule has 1 heterocycles. The van der Waals surface area contributed by atoms with Gasteiger partial charge in [-0.3, -0.25) is 0 Å². The second-order valence-corrected chi connectivity index (χ2v) is 3.26. The molecule has 1 fully saturated rings. The minimum absolute atomic E-state index is 1.32. The molecule has 12 heavy (non-hydrogen) atoms. The summed E-state index contributed by atoms with van der Waals surface area (Å²) in [5.74, 6) is 0. The Morgan fingerprint density at radius 1 is 0.917 bits per heavy atom. The van der Waals surface area contributed by atoms with Crippen LogP contribution < -0.4 is 0 Å². The Hall–Kier alpha value is -0.0400. The Labute approximate surface area is 78.1 Å². The van der Waals surface area contributed by atoms with Gasteiger partial charge in [0.25, 0.3) is 0 Å². The first-order chi connectivity index (χ1) is 5.93. The van der Waals surface area contributed by atoms with Crippen molar-refractivity contribution in [3.8, 4) is 0 Å². The molecule has 0 radical (unpaired) electrons.